The van der Waals surface area contributed by atoms with Crippen molar-refractivity contribution in [1.29, 1.82) is 0 Å². The number of hydrogen-bond donors (Lipinski definition) is 1. The number of nitrogens with zero attached hydrogens (tertiary/aromatic N) is 3. The van der Waals surface area contributed by atoms with Crippen LogP contribution < -0.4 is 10.3 Å². The van der Waals surface area contributed by atoms with E-state index < -0.39 is 11.6 Å². The largest absolute Gasteiger partial charge is 0.454 e. The maximum absolute atomic E-state index is 14.4. The maximum atomic E-state index is 14.4. The van der Waals surface area contributed by atoms with E-state index in [1.807, 2.05) is 30.7 Å². The molecule has 0 radical (unpaired) electrons. The normalized spacial score (nSPS) is 11.5. The summed E-state index contributed by atoms with van der Waals surface area (Å²) in [5.74, 6) is -0.425. The summed E-state index contributed by atoms with van der Waals surface area (Å²) in [7, 11) is 3.54. The zero-order valence-corrected chi connectivity index (χ0v) is 17.0. The van der Waals surface area contributed by atoms with E-state index in [0.717, 1.165) is 34.6 Å². The molecule has 1 N–H and O–H groups in total. The van der Waals surface area contributed by atoms with Gasteiger partial charge in [-0.1, -0.05) is 0 Å². The van der Waals surface area contributed by atoms with E-state index in [0.29, 0.717) is 22.2 Å². The van der Waals surface area contributed by atoms with Gasteiger partial charge in [-0.15, -0.1) is 0 Å². The molecule has 0 saturated heterocycles. The number of fused-ring (bicyclic) bond motifs is 2. The second-order valence-corrected chi connectivity index (χ2v) is 7.46. The first kappa shape index (κ1) is 19.0. The summed E-state index contributed by atoms with van der Waals surface area (Å²) in [5, 5.41) is 0.708. The highest BCUT2D eigenvalue weighted by atomic mass is 19.1. The molecule has 0 aliphatic heterocycles. The molecule has 3 aromatic heterocycles. The standard InChI is InChI=1S/C23H18F2N4O2.H2/c1-12-27-18-9-15(16-11-28(2)23(30)22-14(16)6-7-26-22)21(10-19(18)29(12)3)31-20-5-4-13(24)8-17(20)25;/h4-11,26H,1-3H3;1H. The SMILES string of the molecule is Cc1nc2cc(-c3cn(C)c(=O)c4[nH]ccc34)c(Oc3ccc(F)cc3F)cc2n1C.[HH]. The summed E-state index contributed by atoms with van der Waals surface area (Å²) < 4.78 is 37.0. The van der Waals surface area contributed by atoms with Crippen LogP contribution in [0.5, 0.6) is 11.5 Å². The Labute approximate surface area is 176 Å². The Bertz CT molecular complexity index is 1550. The number of nitrogens with one attached hydrogen (secondary N) is 1. The summed E-state index contributed by atoms with van der Waals surface area (Å²) in [6.07, 6.45) is 3.41. The summed E-state index contributed by atoms with van der Waals surface area (Å²) in [6, 6.07) is 8.60. The van der Waals surface area contributed by atoms with Gasteiger partial charge in [0.1, 0.15) is 22.9 Å². The Morgan fingerprint density at radius 2 is 1.87 bits per heavy atom. The van der Waals surface area contributed by atoms with Gasteiger partial charge in [-0.25, -0.2) is 13.8 Å². The van der Waals surface area contributed by atoms with Crippen molar-refractivity contribution in [2.75, 3.05) is 0 Å². The lowest BCUT2D eigenvalue weighted by Gasteiger charge is -2.14. The van der Waals surface area contributed by atoms with E-state index in [4.69, 9.17) is 4.74 Å². The van der Waals surface area contributed by atoms with Gasteiger partial charge >= 0.3 is 0 Å². The van der Waals surface area contributed by atoms with E-state index in [1.165, 1.54) is 10.6 Å². The van der Waals surface area contributed by atoms with Gasteiger partial charge in [-0.05, 0) is 31.2 Å². The third-order valence-corrected chi connectivity index (χ3v) is 5.50. The van der Waals surface area contributed by atoms with Crippen LogP contribution in [0.25, 0.3) is 33.1 Å². The van der Waals surface area contributed by atoms with Crippen LogP contribution >= 0.6 is 0 Å². The average molecular weight is 422 g/mol. The average Bonchev–Trinajstić information content (AvgIpc) is 3.32. The van der Waals surface area contributed by atoms with Gasteiger partial charge in [0.05, 0.1) is 11.0 Å². The molecular weight excluding hydrogens is 402 g/mol. The molecule has 0 amide bonds. The van der Waals surface area contributed by atoms with Crippen molar-refractivity contribution in [3.63, 3.8) is 0 Å². The summed E-state index contributed by atoms with van der Waals surface area (Å²) in [5.41, 5.74) is 3.19. The number of H-pyrrole nitrogens is 1. The van der Waals surface area contributed by atoms with Crippen molar-refractivity contribution < 1.29 is 14.9 Å². The van der Waals surface area contributed by atoms with Gasteiger partial charge in [0, 0.05) is 56.6 Å². The van der Waals surface area contributed by atoms with Crippen molar-refractivity contribution in [3.05, 3.63) is 76.6 Å². The van der Waals surface area contributed by atoms with Crippen molar-refractivity contribution in [3.8, 4) is 22.6 Å². The van der Waals surface area contributed by atoms with E-state index in [9.17, 15) is 13.6 Å². The van der Waals surface area contributed by atoms with Crippen LogP contribution in [0.3, 0.4) is 0 Å². The fourth-order valence-corrected chi connectivity index (χ4v) is 3.79. The first-order valence-corrected chi connectivity index (χ1v) is 9.60. The summed E-state index contributed by atoms with van der Waals surface area (Å²) in [4.78, 5) is 20.1. The molecule has 31 heavy (non-hydrogen) atoms. The fourth-order valence-electron chi connectivity index (χ4n) is 3.79. The monoisotopic (exact) mass is 422 g/mol. The molecule has 0 bridgehead atoms. The summed E-state index contributed by atoms with van der Waals surface area (Å²) in [6.45, 7) is 1.89. The van der Waals surface area contributed by atoms with Gasteiger partial charge in [0.15, 0.2) is 11.6 Å². The number of rotatable bonds is 3. The van der Waals surface area contributed by atoms with Crippen LogP contribution in [0, 0.1) is 18.6 Å². The van der Waals surface area contributed by atoms with Crippen LogP contribution in [0.2, 0.25) is 0 Å². The molecule has 5 rings (SSSR count). The Balaban J connectivity index is 0.00000245. The first-order chi connectivity index (χ1) is 14.8. The van der Waals surface area contributed by atoms with Crippen molar-refractivity contribution in [1.82, 2.24) is 19.1 Å². The zero-order chi connectivity index (χ0) is 21.9. The molecule has 158 valence electrons. The van der Waals surface area contributed by atoms with Crippen LogP contribution in [-0.4, -0.2) is 19.1 Å². The minimum absolute atomic E-state index is 0. The molecule has 0 fully saturated rings. The number of aryl methyl sites for hydroxylation is 3. The Kier molecular flexibility index (Phi) is 4.18. The molecule has 6 nitrogen and oxygen atoms in total. The quantitative estimate of drug-likeness (QED) is 0.443. The van der Waals surface area contributed by atoms with Gasteiger partial charge in [-0.3, -0.25) is 4.79 Å². The van der Waals surface area contributed by atoms with Gasteiger partial charge in [0.25, 0.3) is 5.56 Å². The highest BCUT2D eigenvalue weighted by Crippen LogP contribution is 2.39. The van der Waals surface area contributed by atoms with Crippen molar-refractivity contribution >= 4 is 21.9 Å². The third-order valence-electron chi connectivity index (χ3n) is 5.50. The highest BCUT2D eigenvalue weighted by Gasteiger charge is 2.19. The molecule has 0 atom stereocenters. The molecule has 0 aliphatic carbocycles. The molecular formula is C23H20F2N4O2. The molecule has 2 aromatic carbocycles. The number of benzene rings is 2. The van der Waals surface area contributed by atoms with Crippen molar-refractivity contribution in [2.45, 2.75) is 6.92 Å². The van der Waals surface area contributed by atoms with Crippen LogP contribution in [0.1, 0.15) is 7.25 Å². The zero-order valence-electron chi connectivity index (χ0n) is 17.0. The molecule has 5 aromatic rings. The molecule has 0 aliphatic rings. The lowest BCUT2D eigenvalue weighted by Crippen LogP contribution is -2.16. The van der Waals surface area contributed by atoms with E-state index in [1.54, 1.807) is 25.5 Å². The lowest BCUT2D eigenvalue weighted by atomic mass is 10.0. The first-order valence-electron chi connectivity index (χ1n) is 9.60. The lowest BCUT2D eigenvalue weighted by molar-refractivity contribution is 0.439. The van der Waals surface area contributed by atoms with E-state index >= 15 is 0 Å². The predicted octanol–water partition coefficient (Wildman–Crippen LogP) is 5.05. The number of imidazole rings is 1. The highest BCUT2D eigenvalue weighted by molar-refractivity contribution is 5.98. The number of hydrogen-bond acceptors (Lipinski definition) is 3. The topological polar surface area (TPSA) is 64.8 Å². The Morgan fingerprint density at radius 1 is 1.06 bits per heavy atom. The fraction of sp³-hybridized carbons (Fsp3) is 0.130. The number of halogens is 2. The molecule has 0 saturated carbocycles. The smallest absolute Gasteiger partial charge is 0.274 e. The minimum Gasteiger partial charge on any atom is -0.454 e. The van der Waals surface area contributed by atoms with Crippen LogP contribution in [0.4, 0.5) is 8.78 Å². The van der Waals surface area contributed by atoms with Crippen LogP contribution in [-0.2, 0) is 14.1 Å². The number of pyridine rings is 1. The van der Waals surface area contributed by atoms with E-state index in [2.05, 4.69) is 9.97 Å². The second-order valence-electron chi connectivity index (χ2n) is 7.46. The second kappa shape index (κ2) is 6.80. The van der Waals surface area contributed by atoms with Gasteiger partial charge in [-0.2, -0.15) is 0 Å². The van der Waals surface area contributed by atoms with Crippen molar-refractivity contribution in [2.24, 2.45) is 14.1 Å². The Hall–Kier alpha value is -3.94. The third kappa shape index (κ3) is 2.99. The predicted molar refractivity (Wildman–Crippen MR) is 117 cm³/mol. The summed E-state index contributed by atoms with van der Waals surface area (Å²) >= 11 is 0. The number of aromatic amines is 1. The maximum Gasteiger partial charge on any atom is 0.274 e. The Morgan fingerprint density at radius 3 is 2.65 bits per heavy atom. The molecule has 3 heterocycles. The number of aromatic nitrogens is 4. The minimum atomic E-state index is -0.806. The van der Waals surface area contributed by atoms with Gasteiger partial charge < -0.3 is 18.9 Å². The van der Waals surface area contributed by atoms with E-state index in [-0.39, 0.29) is 12.7 Å². The molecule has 0 spiro atoms. The number of ether oxygens (including phenoxy) is 1. The molecule has 0 unspecified atom stereocenters. The van der Waals surface area contributed by atoms with Gasteiger partial charge in [0.2, 0.25) is 0 Å². The van der Waals surface area contributed by atoms with Crippen LogP contribution in [0.15, 0.2) is 53.6 Å². The molecule has 8 heteroatoms.